The number of anilines is 1. The molecule has 8 heteroatoms. The first-order valence-electron chi connectivity index (χ1n) is 8.11. The van der Waals surface area contributed by atoms with Crippen molar-refractivity contribution in [3.8, 4) is 17.0 Å². The number of aromatic carboxylic acids is 1. The Bertz CT molecular complexity index is 1000. The quantitative estimate of drug-likeness (QED) is 0.515. The molecular weight excluding hydrogens is 366 g/mol. The Hall–Kier alpha value is -3.23. The maximum absolute atomic E-state index is 11.3. The predicted molar refractivity (Wildman–Crippen MR) is 102 cm³/mol. The summed E-state index contributed by atoms with van der Waals surface area (Å²) in [6, 6.07) is 12.9. The van der Waals surface area contributed by atoms with Crippen LogP contribution in [-0.4, -0.2) is 29.1 Å². The monoisotopic (exact) mass is 381 g/mol. The van der Waals surface area contributed by atoms with E-state index >= 15 is 0 Å². The fourth-order valence-corrected chi connectivity index (χ4v) is 3.36. The molecule has 2 N–H and O–H groups in total. The third-order valence-electron chi connectivity index (χ3n) is 3.92. The van der Waals surface area contributed by atoms with Crippen molar-refractivity contribution in [1.82, 2.24) is 4.98 Å². The number of ether oxygens (including phenoxy) is 2. The number of hydrogen-bond donors (Lipinski definition) is 2. The number of carbonyl (C=O) groups is 1. The van der Waals surface area contributed by atoms with Crippen molar-refractivity contribution in [2.45, 2.75) is 6.61 Å². The van der Waals surface area contributed by atoms with Gasteiger partial charge in [0.25, 0.3) is 0 Å². The van der Waals surface area contributed by atoms with Gasteiger partial charge in [-0.3, -0.25) is 5.43 Å². The van der Waals surface area contributed by atoms with Crippen LogP contribution >= 0.6 is 11.3 Å². The molecule has 4 rings (SSSR count). The van der Waals surface area contributed by atoms with Crippen LogP contribution in [0.15, 0.2) is 52.9 Å². The fraction of sp³-hybridized carbons (Fsp3) is 0.105. The number of hydrazone groups is 1. The van der Waals surface area contributed by atoms with E-state index < -0.39 is 5.97 Å². The van der Waals surface area contributed by atoms with Crippen LogP contribution in [0.4, 0.5) is 5.13 Å². The van der Waals surface area contributed by atoms with Crippen molar-refractivity contribution in [2.24, 2.45) is 5.10 Å². The van der Waals surface area contributed by atoms with Gasteiger partial charge in [0.2, 0.25) is 5.13 Å². The van der Waals surface area contributed by atoms with Gasteiger partial charge in [-0.25, -0.2) is 9.78 Å². The minimum Gasteiger partial charge on any atom is -0.478 e. The lowest BCUT2D eigenvalue weighted by molar-refractivity contribution is -0.0165. The number of aromatic nitrogens is 1. The molecule has 3 aromatic rings. The summed E-state index contributed by atoms with van der Waals surface area (Å²) in [5.41, 5.74) is 6.19. The van der Waals surface area contributed by atoms with E-state index in [0.29, 0.717) is 28.6 Å². The van der Waals surface area contributed by atoms with E-state index in [0.717, 1.165) is 11.3 Å². The van der Waals surface area contributed by atoms with Gasteiger partial charge in [-0.2, -0.15) is 5.10 Å². The highest BCUT2D eigenvalue weighted by Gasteiger charge is 2.18. The molecule has 0 radical (unpaired) electrons. The lowest BCUT2D eigenvalue weighted by Crippen LogP contribution is -2.14. The second-order valence-electron chi connectivity index (χ2n) is 5.74. The Balaban J connectivity index is 1.54. The van der Waals surface area contributed by atoms with Crippen molar-refractivity contribution >= 4 is 28.7 Å². The van der Waals surface area contributed by atoms with Crippen LogP contribution < -0.4 is 10.2 Å². The van der Waals surface area contributed by atoms with E-state index in [4.69, 9.17) is 9.47 Å². The highest BCUT2D eigenvalue weighted by molar-refractivity contribution is 7.14. The first-order valence-corrected chi connectivity index (χ1v) is 8.99. The molecule has 1 aliphatic heterocycles. The van der Waals surface area contributed by atoms with Gasteiger partial charge in [0, 0.05) is 22.1 Å². The number of carboxylic acids is 1. The summed E-state index contributed by atoms with van der Waals surface area (Å²) in [6.07, 6.45) is 1.53. The van der Waals surface area contributed by atoms with Crippen LogP contribution in [0.1, 0.15) is 21.5 Å². The molecule has 1 aliphatic rings. The molecule has 2 aromatic carbocycles. The Labute approximate surface area is 158 Å². The molecule has 2 heterocycles. The van der Waals surface area contributed by atoms with Crippen LogP contribution in [0, 0.1) is 0 Å². The predicted octanol–water partition coefficient (Wildman–Crippen LogP) is 3.82. The third-order valence-corrected chi connectivity index (χ3v) is 4.67. The number of nitrogens with one attached hydrogen (secondary N) is 1. The van der Waals surface area contributed by atoms with Crippen molar-refractivity contribution in [1.29, 1.82) is 0 Å². The van der Waals surface area contributed by atoms with Gasteiger partial charge in [0.1, 0.15) is 5.75 Å². The van der Waals surface area contributed by atoms with Gasteiger partial charge in [0.15, 0.2) is 6.79 Å². The summed E-state index contributed by atoms with van der Waals surface area (Å²) in [6.45, 7) is 0.429. The minimum absolute atomic E-state index is 0.126. The zero-order chi connectivity index (χ0) is 18.6. The van der Waals surface area contributed by atoms with Gasteiger partial charge in [-0.05, 0) is 12.1 Å². The lowest BCUT2D eigenvalue weighted by Gasteiger charge is -2.19. The molecule has 27 heavy (non-hydrogen) atoms. The number of fused-ring (bicyclic) bond motifs is 1. The summed E-state index contributed by atoms with van der Waals surface area (Å²) >= 11 is 1.44. The topological polar surface area (TPSA) is 93.0 Å². The van der Waals surface area contributed by atoms with Gasteiger partial charge in [-0.1, -0.05) is 30.3 Å². The highest BCUT2D eigenvalue weighted by Crippen LogP contribution is 2.29. The van der Waals surface area contributed by atoms with Crippen molar-refractivity contribution in [3.63, 3.8) is 0 Å². The molecule has 0 amide bonds. The fourth-order valence-electron chi connectivity index (χ4n) is 2.69. The maximum Gasteiger partial charge on any atom is 0.335 e. The van der Waals surface area contributed by atoms with Crippen LogP contribution in [-0.2, 0) is 11.3 Å². The number of thiazole rings is 1. The van der Waals surface area contributed by atoms with E-state index in [-0.39, 0.29) is 12.4 Å². The Morgan fingerprint density at radius 2 is 2.15 bits per heavy atom. The van der Waals surface area contributed by atoms with Gasteiger partial charge in [-0.15, -0.1) is 11.3 Å². The van der Waals surface area contributed by atoms with Crippen LogP contribution in [0.2, 0.25) is 0 Å². The highest BCUT2D eigenvalue weighted by atomic mass is 32.1. The second-order valence-corrected chi connectivity index (χ2v) is 6.60. The summed E-state index contributed by atoms with van der Waals surface area (Å²) in [7, 11) is 0. The van der Waals surface area contributed by atoms with Gasteiger partial charge >= 0.3 is 5.97 Å². The van der Waals surface area contributed by atoms with Gasteiger partial charge in [0.05, 0.1) is 24.1 Å². The number of carboxylic acid groups (broad SMARTS) is 1. The van der Waals surface area contributed by atoms with Crippen molar-refractivity contribution in [2.75, 3.05) is 12.2 Å². The first kappa shape index (κ1) is 17.2. The molecule has 0 aliphatic carbocycles. The summed E-state index contributed by atoms with van der Waals surface area (Å²) in [5.74, 6) is -0.431. The molecule has 0 fully saturated rings. The number of nitrogens with zero attached hydrogens (tertiary/aromatic N) is 2. The van der Waals surface area contributed by atoms with E-state index in [2.05, 4.69) is 15.5 Å². The molecule has 0 unspecified atom stereocenters. The van der Waals surface area contributed by atoms with Crippen LogP contribution in [0.5, 0.6) is 5.75 Å². The standard InChI is InChI=1S/C19H15N3O4S/c23-18(24)13-6-14(17-15(7-13)9-25-11-26-17)8-20-22-19-21-16(10-27-19)12-4-2-1-3-5-12/h1-8,10H,9,11H2,(H,21,22)(H,23,24). The average Bonchev–Trinajstić information content (AvgIpc) is 3.17. The molecule has 0 spiro atoms. The number of rotatable bonds is 5. The number of benzene rings is 2. The van der Waals surface area contributed by atoms with Gasteiger partial charge < -0.3 is 14.6 Å². The Morgan fingerprint density at radius 3 is 2.96 bits per heavy atom. The van der Waals surface area contributed by atoms with Crippen LogP contribution in [0.3, 0.4) is 0 Å². The molecule has 0 atom stereocenters. The molecule has 0 saturated carbocycles. The first-order chi connectivity index (χ1) is 13.2. The largest absolute Gasteiger partial charge is 0.478 e. The zero-order valence-electron chi connectivity index (χ0n) is 14.1. The molecule has 7 nitrogen and oxygen atoms in total. The molecule has 136 valence electrons. The van der Waals surface area contributed by atoms with Crippen LogP contribution in [0.25, 0.3) is 11.3 Å². The molecule has 0 saturated heterocycles. The molecular formula is C19H15N3O4S. The SMILES string of the molecule is O=C(O)c1cc(C=NNc2nc(-c3ccccc3)cs2)c2c(c1)COCO2. The average molecular weight is 381 g/mol. The minimum atomic E-state index is -1.02. The lowest BCUT2D eigenvalue weighted by atomic mass is 10.0. The summed E-state index contributed by atoms with van der Waals surface area (Å²) in [5, 5.41) is 16.0. The smallest absolute Gasteiger partial charge is 0.335 e. The second kappa shape index (κ2) is 7.56. The maximum atomic E-state index is 11.3. The molecule has 1 aromatic heterocycles. The summed E-state index contributed by atoms with van der Waals surface area (Å²) < 4.78 is 10.7. The van der Waals surface area contributed by atoms with E-state index in [1.54, 1.807) is 6.07 Å². The third kappa shape index (κ3) is 3.81. The number of hydrogen-bond acceptors (Lipinski definition) is 7. The zero-order valence-corrected chi connectivity index (χ0v) is 14.9. The Kier molecular flexibility index (Phi) is 4.82. The normalized spacial score (nSPS) is 13.2. The van der Waals surface area contributed by atoms with E-state index in [1.807, 2.05) is 35.7 Å². The Morgan fingerprint density at radius 1 is 1.30 bits per heavy atom. The van der Waals surface area contributed by atoms with Crippen molar-refractivity contribution in [3.05, 3.63) is 64.5 Å². The summed E-state index contributed by atoms with van der Waals surface area (Å²) in [4.78, 5) is 15.8. The molecule has 0 bridgehead atoms. The van der Waals surface area contributed by atoms with Crippen molar-refractivity contribution < 1.29 is 19.4 Å². The van der Waals surface area contributed by atoms with E-state index in [9.17, 15) is 9.90 Å². The van der Waals surface area contributed by atoms with E-state index in [1.165, 1.54) is 23.6 Å².